The van der Waals surface area contributed by atoms with Crippen molar-refractivity contribution in [1.82, 2.24) is 21.3 Å². The summed E-state index contributed by atoms with van der Waals surface area (Å²) in [5.41, 5.74) is -2.76. The lowest BCUT2D eigenvalue weighted by molar-refractivity contribution is -0.293. The van der Waals surface area contributed by atoms with E-state index in [1.165, 1.54) is 6.07 Å². The third kappa shape index (κ3) is 14.4. The van der Waals surface area contributed by atoms with E-state index in [0.717, 1.165) is 43.2 Å². The molecule has 61 heavy (non-hydrogen) atoms. The number of carbonyl (C=O) groups excluding carboxylic acids is 4. The highest BCUT2D eigenvalue weighted by atomic mass is 19.4. The number of rotatable bonds is 17. The molecule has 4 unspecified atom stereocenters. The molecule has 340 valence electrons. The summed E-state index contributed by atoms with van der Waals surface area (Å²) in [6, 6.07) is 0.394. The van der Waals surface area contributed by atoms with E-state index in [2.05, 4.69) is 31.9 Å². The minimum Gasteiger partial charge on any atom is -0.394 e. The fourth-order valence-electron chi connectivity index (χ4n) is 6.60. The maximum atomic E-state index is 13.4. The summed E-state index contributed by atoms with van der Waals surface area (Å²) in [6.45, 7) is -0.0169. The number of ether oxygens (including phenoxy) is 3. The number of hydrogen-bond donors (Lipinski definition) is 10. The number of benzene rings is 2. The molecule has 0 aliphatic carbocycles. The van der Waals surface area contributed by atoms with Crippen molar-refractivity contribution >= 4 is 35.3 Å². The Kier molecular flexibility index (Phi) is 17.9. The molecule has 9 atom stereocenters. The van der Waals surface area contributed by atoms with E-state index in [-0.39, 0.29) is 36.7 Å². The first kappa shape index (κ1) is 48.9. The summed E-state index contributed by atoms with van der Waals surface area (Å²) in [6.07, 6.45) is -16.9. The minimum atomic E-state index is -4.76. The molecule has 6 amide bonds. The molecule has 10 N–H and O–H groups in total. The molecule has 2 aliphatic rings. The summed E-state index contributed by atoms with van der Waals surface area (Å²) in [5, 5.41) is 56.7. The first-order chi connectivity index (χ1) is 28.8. The average molecular weight is 881 g/mol. The van der Waals surface area contributed by atoms with Crippen LogP contribution in [0.2, 0.25) is 0 Å². The predicted molar refractivity (Wildman–Crippen MR) is 203 cm³/mol. The van der Waals surface area contributed by atoms with Crippen molar-refractivity contribution in [3.63, 3.8) is 0 Å². The molecule has 2 heterocycles. The summed E-state index contributed by atoms with van der Waals surface area (Å²) in [4.78, 5) is 51.9. The third-order valence-electron chi connectivity index (χ3n) is 9.74. The van der Waals surface area contributed by atoms with Crippen LogP contribution in [-0.2, 0) is 36.2 Å². The fourth-order valence-corrected chi connectivity index (χ4v) is 6.60. The number of hydrogen-bond acceptors (Lipinski definition) is 11. The standard InChI is InChI=1S/C38H50F6N6O11/c1-2-3-4-12-27(53)45-14-7-13-28(54)49-29-25(17-51)59-19-24(48-35(57)46-22-10-5-8-20(15-22)37(39,40)41)33(29)61-34-30(32(56)31(55)26(18-52)60-34)50-36(58)47-23-11-6-9-21(16-23)38(42,43)44/h5-6,8-11,15-16,24-26,29-34,51-52,55-56H,2-4,7,12-14,17-19H2,1H3,(H,45,53)(H,49,54)(H2,46,48,57)(H2,47,50,58)/t24?,25?,26?,29-,30?,31+,32+,33+,34-/m0/s1. The summed E-state index contributed by atoms with van der Waals surface area (Å²) >= 11 is 0. The zero-order chi connectivity index (χ0) is 44.9. The lowest BCUT2D eigenvalue weighted by Crippen LogP contribution is -2.70. The van der Waals surface area contributed by atoms with Gasteiger partial charge in [0.1, 0.15) is 36.6 Å². The van der Waals surface area contributed by atoms with E-state index in [4.69, 9.17) is 14.2 Å². The van der Waals surface area contributed by atoms with Crippen molar-refractivity contribution in [1.29, 1.82) is 0 Å². The zero-order valence-electron chi connectivity index (χ0n) is 32.8. The zero-order valence-corrected chi connectivity index (χ0v) is 32.8. The topological polar surface area (TPSA) is 249 Å². The van der Waals surface area contributed by atoms with Crippen LogP contribution in [0.3, 0.4) is 0 Å². The number of amides is 6. The third-order valence-corrected chi connectivity index (χ3v) is 9.74. The highest BCUT2D eigenvalue weighted by Crippen LogP contribution is 2.32. The normalized spacial score (nSPS) is 25.5. The molecule has 0 saturated carbocycles. The number of aliphatic hydroxyl groups excluding tert-OH is 4. The van der Waals surface area contributed by atoms with Gasteiger partial charge in [0.2, 0.25) is 11.8 Å². The molecule has 2 fully saturated rings. The maximum Gasteiger partial charge on any atom is 0.416 e. The first-order valence-corrected chi connectivity index (χ1v) is 19.4. The Labute approximate surface area is 345 Å². The molecule has 0 spiro atoms. The van der Waals surface area contributed by atoms with Crippen LogP contribution in [0.5, 0.6) is 0 Å². The smallest absolute Gasteiger partial charge is 0.394 e. The van der Waals surface area contributed by atoms with Crippen LogP contribution in [0.1, 0.15) is 56.6 Å². The van der Waals surface area contributed by atoms with Crippen LogP contribution in [0.15, 0.2) is 48.5 Å². The quantitative estimate of drug-likeness (QED) is 0.0818. The lowest BCUT2D eigenvalue weighted by atomic mass is 9.93. The molecule has 2 saturated heterocycles. The van der Waals surface area contributed by atoms with Crippen LogP contribution in [0.4, 0.5) is 47.3 Å². The van der Waals surface area contributed by atoms with Gasteiger partial charge in [0.05, 0.1) is 43.0 Å². The Morgan fingerprint density at radius 3 is 1.87 bits per heavy atom. The Balaban J connectivity index is 1.60. The SMILES string of the molecule is CCCCCC(=O)NCCCC(=O)N[C@H]1C(CO)OCC(NC(=O)Nc2cccc(C(F)(F)F)c2)[C@H]1O[C@@H]1OC(CO)[C@@H](O)[C@H](O)C1NC(=O)Nc1cccc(C(F)(F)F)c1. The molecular formula is C38H50F6N6O11. The molecule has 0 bridgehead atoms. The van der Waals surface area contributed by atoms with Crippen LogP contribution >= 0.6 is 0 Å². The van der Waals surface area contributed by atoms with E-state index in [1.54, 1.807) is 0 Å². The molecule has 2 aromatic carbocycles. The summed E-state index contributed by atoms with van der Waals surface area (Å²) in [7, 11) is 0. The average Bonchev–Trinajstić information content (AvgIpc) is 3.20. The second kappa shape index (κ2) is 22.4. The van der Waals surface area contributed by atoms with Gasteiger partial charge in [-0.2, -0.15) is 26.3 Å². The minimum absolute atomic E-state index is 0.136. The van der Waals surface area contributed by atoms with Gasteiger partial charge in [0.25, 0.3) is 0 Å². The largest absolute Gasteiger partial charge is 0.416 e. The van der Waals surface area contributed by atoms with Crippen LogP contribution in [-0.4, -0.2) is 126 Å². The highest BCUT2D eigenvalue weighted by molar-refractivity contribution is 5.90. The summed E-state index contributed by atoms with van der Waals surface area (Å²) in [5.74, 6) is -0.855. The maximum absolute atomic E-state index is 13.4. The first-order valence-electron chi connectivity index (χ1n) is 19.4. The van der Waals surface area contributed by atoms with Gasteiger partial charge < -0.3 is 66.5 Å². The second-order valence-corrected chi connectivity index (χ2v) is 14.4. The number of carbonyl (C=O) groups is 4. The van der Waals surface area contributed by atoms with E-state index in [1.807, 2.05) is 6.92 Å². The second-order valence-electron chi connectivity index (χ2n) is 14.4. The van der Waals surface area contributed by atoms with Gasteiger partial charge in [-0.05, 0) is 49.2 Å². The van der Waals surface area contributed by atoms with Gasteiger partial charge in [-0.1, -0.05) is 31.9 Å². The number of alkyl halides is 6. The van der Waals surface area contributed by atoms with Gasteiger partial charge in [-0.15, -0.1) is 0 Å². The van der Waals surface area contributed by atoms with Gasteiger partial charge in [-0.3, -0.25) is 9.59 Å². The highest BCUT2D eigenvalue weighted by Gasteiger charge is 2.50. The number of unbranched alkanes of at least 4 members (excludes halogenated alkanes) is 2. The molecule has 17 nitrogen and oxygen atoms in total. The Hall–Kier alpha value is -4.78. The summed E-state index contributed by atoms with van der Waals surface area (Å²) < 4.78 is 97.8. The van der Waals surface area contributed by atoms with Crippen LogP contribution < -0.4 is 31.9 Å². The van der Waals surface area contributed by atoms with Gasteiger partial charge in [0, 0.05) is 30.8 Å². The van der Waals surface area contributed by atoms with E-state index in [0.29, 0.717) is 25.0 Å². The van der Waals surface area contributed by atoms with Gasteiger partial charge >= 0.3 is 24.4 Å². The van der Waals surface area contributed by atoms with E-state index < -0.39 is 116 Å². The predicted octanol–water partition coefficient (Wildman–Crippen LogP) is 2.58. The molecule has 2 aromatic rings. The number of nitrogens with one attached hydrogen (secondary N) is 6. The monoisotopic (exact) mass is 880 g/mol. The number of urea groups is 2. The molecule has 4 rings (SSSR count). The van der Waals surface area contributed by atoms with Crippen LogP contribution in [0.25, 0.3) is 0 Å². The Morgan fingerprint density at radius 2 is 1.31 bits per heavy atom. The molecule has 23 heteroatoms. The van der Waals surface area contributed by atoms with Crippen molar-refractivity contribution < 1.29 is 80.2 Å². The van der Waals surface area contributed by atoms with E-state index in [9.17, 15) is 65.9 Å². The fraction of sp³-hybridized carbons (Fsp3) is 0.579. The number of anilines is 2. The van der Waals surface area contributed by atoms with E-state index >= 15 is 0 Å². The Morgan fingerprint density at radius 1 is 0.738 bits per heavy atom. The molecule has 2 aliphatic heterocycles. The van der Waals surface area contributed by atoms with Crippen molar-refractivity contribution in [2.24, 2.45) is 0 Å². The van der Waals surface area contributed by atoms with Gasteiger partial charge in [-0.25, -0.2) is 9.59 Å². The van der Waals surface area contributed by atoms with Crippen molar-refractivity contribution in [3.8, 4) is 0 Å². The van der Waals surface area contributed by atoms with Gasteiger partial charge in [0.15, 0.2) is 6.29 Å². The number of halogens is 6. The van der Waals surface area contributed by atoms with Crippen LogP contribution in [0, 0.1) is 0 Å². The molecular weight excluding hydrogens is 830 g/mol. The molecule has 0 radical (unpaired) electrons. The number of aliphatic hydroxyl groups is 4. The van der Waals surface area contributed by atoms with Crippen molar-refractivity contribution in [3.05, 3.63) is 59.7 Å². The van der Waals surface area contributed by atoms with Crippen molar-refractivity contribution in [2.75, 3.05) is 37.0 Å². The lowest BCUT2D eigenvalue weighted by Gasteiger charge is -2.47. The molecule has 0 aromatic heterocycles. The Bertz CT molecular complexity index is 1780. The van der Waals surface area contributed by atoms with Crippen molar-refractivity contribution in [2.45, 2.75) is 113 Å².